The topological polar surface area (TPSA) is 21.3 Å². The van der Waals surface area contributed by atoms with Gasteiger partial charge < -0.3 is 10.1 Å². The third-order valence-corrected chi connectivity index (χ3v) is 2.71. The molecule has 2 heteroatoms. The summed E-state index contributed by atoms with van der Waals surface area (Å²) >= 11 is 0. The van der Waals surface area contributed by atoms with Crippen molar-refractivity contribution in [1.29, 1.82) is 0 Å². The molecule has 0 aromatic heterocycles. The number of hydrogen-bond donors (Lipinski definition) is 1. The Kier molecular flexibility index (Phi) is 1.81. The molecule has 1 aliphatic heterocycles. The molecule has 2 nitrogen and oxygen atoms in total. The molecule has 0 saturated carbocycles. The molecule has 0 atom stereocenters. The highest BCUT2D eigenvalue weighted by molar-refractivity contribution is 5.42. The molecule has 1 N–H and O–H groups in total. The van der Waals surface area contributed by atoms with Crippen LogP contribution >= 0.6 is 0 Å². The summed E-state index contributed by atoms with van der Waals surface area (Å²) in [5, 5.41) is 3.46. The molecule has 0 fully saturated rings. The fourth-order valence-corrected chi connectivity index (χ4v) is 1.83. The van der Waals surface area contributed by atoms with Gasteiger partial charge in [-0.1, -0.05) is 6.07 Å². The SMILES string of the molecule is COc1ccc2c(c1)C(C)(C)NC2. The number of hydrogen-bond acceptors (Lipinski definition) is 2. The normalized spacial score (nSPS) is 18.4. The van der Waals surface area contributed by atoms with Crippen LogP contribution in [0.25, 0.3) is 0 Å². The van der Waals surface area contributed by atoms with Crippen LogP contribution in [0.3, 0.4) is 0 Å². The third-order valence-electron chi connectivity index (χ3n) is 2.71. The molecule has 1 heterocycles. The molecule has 1 aromatic carbocycles. The van der Waals surface area contributed by atoms with E-state index in [0.29, 0.717) is 0 Å². The van der Waals surface area contributed by atoms with E-state index < -0.39 is 0 Å². The van der Waals surface area contributed by atoms with Crippen LogP contribution in [-0.2, 0) is 12.1 Å². The van der Waals surface area contributed by atoms with Gasteiger partial charge in [-0.05, 0) is 37.1 Å². The highest BCUT2D eigenvalue weighted by atomic mass is 16.5. The number of benzene rings is 1. The molecule has 1 aromatic rings. The van der Waals surface area contributed by atoms with E-state index in [1.165, 1.54) is 11.1 Å². The van der Waals surface area contributed by atoms with Crippen LogP contribution in [0.2, 0.25) is 0 Å². The predicted octanol–water partition coefficient (Wildman–Crippen LogP) is 2.03. The Morgan fingerprint density at radius 1 is 1.38 bits per heavy atom. The van der Waals surface area contributed by atoms with Crippen LogP contribution in [-0.4, -0.2) is 7.11 Å². The van der Waals surface area contributed by atoms with Gasteiger partial charge in [-0.2, -0.15) is 0 Å². The molecule has 0 spiro atoms. The van der Waals surface area contributed by atoms with Gasteiger partial charge in [-0.15, -0.1) is 0 Å². The molecule has 0 aliphatic carbocycles. The van der Waals surface area contributed by atoms with E-state index >= 15 is 0 Å². The zero-order chi connectivity index (χ0) is 9.47. The van der Waals surface area contributed by atoms with E-state index in [2.05, 4.69) is 31.3 Å². The standard InChI is InChI=1S/C11H15NO/c1-11(2)10-6-9(13-3)5-4-8(10)7-12-11/h4-6,12H,7H2,1-3H3. The largest absolute Gasteiger partial charge is 0.497 e. The van der Waals surface area contributed by atoms with Crippen molar-refractivity contribution in [2.75, 3.05) is 7.11 Å². The lowest BCUT2D eigenvalue weighted by molar-refractivity contribution is 0.409. The Hall–Kier alpha value is -1.02. The van der Waals surface area contributed by atoms with E-state index in [1.54, 1.807) is 7.11 Å². The van der Waals surface area contributed by atoms with Crippen molar-refractivity contribution in [1.82, 2.24) is 5.32 Å². The number of ether oxygens (including phenoxy) is 1. The molecule has 1 aliphatic rings. The van der Waals surface area contributed by atoms with Crippen molar-refractivity contribution in [2.24, 2.45) is 0 Å². The Morgan fingerprint density at radius 2 is 2.15 bits per heavy atom. The fourth-order valence-electron chi connectivity index (χ4n) is 1.83. The summed E-state index contributed by atoms with van der Waals surface area (Å²) in [5.41, 5.74) is 2.82. The van der Waals surface area contributed by atoms with Crippen LogP contribution in [0.15, 0.2) is 18.2 Å². The Bertz CT molecular complexity index is 331. The lowest BCUT2D eigenvalue weighted by atomic mass is 9.94. The lowest BCUT2D eigenvalue weighted by Crippen LogP contribution is -2.28. The minimum Gasteiger partial charge on any atom is -0.497 e. The smallest absolute Gasteiger partial charge is 0.119 e. The molecular formula is C11H15NO. The molecule has 13 heavy (non-hydrogen) atoms. The summed E-state index contributed by atoms with van der Waals surface area (Å²) < 4.78 is 5.20. The van der Waals surface area contributed by atoms with Crippen LogP contribution in [0.1, 0.15) is 25.0 Å². The molecule has 0 saturated heterocycles. The Labute approximate surface area is 78.9 Å². The maximum absolute atomic E-state index is 5.20. The van der Waals surface area contributed by atoms with Crippen molar-refractivity contribution >= 4 is 0 Å². The van der Waals surface area contributed by atoms with E-state index in [0.717, 1.165) is 12.3 Å². The molecule has 0 bridgehead atoms. The second-order valence-electron chi connectivity index (χ2n) is 4.00. The third kappa shape index (κ3) is 1.31. The van der Waals surface area contributed by atoms with E-state index in [-0.39, 0.29) is 5.54 Å². The first-order valence-corrected chi connectivity index (χ1v) is 4.56. The van der Waals surface area contributed by atoms with Crippen molar-refractivity contribution in [3.63, 3.8) is 0 Å². The first kappa shape index (κ1) is 8.57. The van der Waals surface area contributed by atoms with Gasteiger partial charge in [0.25, 0.3) is 0 Å². The fraction of sp³-hybridized carbons (Fsp3) is 0.455. The molecule has 70 valence electrons. The van der Waals surface area contributed by atoms with Gasteiger partial charge in [-0.25, -0.2) is 0 Å². The van der Waals surface area contributed by atoms with Crippen molar-refractivity contribution < 1.29 is 4.74 Å². The van der Waals surface area contributed by atoms with Gasteiger partial charge in [0.2, 0.25) is 0 Å². The van der Waals surface area contributed by atoms with Gasteiger partial charge in [0.15, 0.2) is 0 Å². The molecule has 2 rings (SSSR count). The van der Waals surface area contributed by atoms with Gasteiger partial charge in [0, 0.05) is 12.1 Å². The predicted molar refractivity (Wildman–Crippen MR) is 52.9 cm³/mol. The summed E-state index contributed by atoms with van der Waals surface area (Å²) in [6.45, 7) is 5.35. The van der Waals surface area contributed by atoms with Crippen LogP contribution in [0.5, 0.6) is 5.75 Å². The Balaban J connectivity index is 2.50. The number of fused-ring (bicyclic) bond motifs is 1. The highest BCUT2D eigenvalue weighted by Gasteiger charge is 2.28. The number of methoxy groups -OCH3 is 1. The van der Waals surface area contributed by atoms with E-state index in [1.807, 2.05) is 6.07 Å². The summed E-state index contributed by atoms with van der Waals surface area (Å²) in [4.78, 5) is 0. The minimum absolute atomic E-state index is 0.0872. The number of rotatable bonds is 1. The quantitative estimate of drug-likeness (QED) is 0.708. The average molecular weight is 177 g/mol. The average Bonchev–Trinajstić information content (AvgIpc) is 2.42. The van der Waals surface area contributed by atoms with Crippen molar-refractivity contribution in [3.05, 3.63) is 29.3 Å². The zero-order valence-electron chi connectivity index (χ0n) is 8.35. The van der Waals surface area contributed by atoms with E-state index in [4.69, 9.17) is 4.74 Å². The molecule has 0 unspecified atom stereocenters. The first-order valence-electron chi connectivity index (χ1n) is 4.56. The van der Waals surface area contributed by atoms with Crippen LogP contribution in [0.4, 0.5) is 0 Å². The maximum atomic E-state index is 5.20. The number of nitrogens with one attached hydrogen (secondary N) is 1. The molecule has 0 amide bonds. The lowest BCUT2D eigenvalue weighted by Gasteiger charge is -2.19. The zero-order valence-corrected chi connectivity index (χ0v) is 8.35. The monoisotopic (exact) mass is 177 g/mol. The van der Waals surface area contributed by atoms with Crippen molar-refractivity contribution in [2.45, 2.75) is 25.9 Å². The first-order chi connectivity index (χ1) is 6.13. The van der Waals surface area contributed by atoms with Gasteiger partial charge >= 0.3 is 0 Å². The van der Waals surface area contributed by atoms with Crippen LogP contribution < -0.4 is 10.1 Å². The molecular weight excluding hydrogens is 162 g/mol. The molecule has 0 radical (unpaired) electrons. The summed E-state index contributed by atoms with van der Waals surface area (Å²) in [6.07, 6.45) is 0. The van der Waals surface area contributed by atoms with Crippen LogP contribution in [0, 0.1) is 0 Å². The summed E-state index contributed by atoms with van der Waals surface area (Å²) in [7, 11) is 1.71. The summed E-state index contributed by atoms with van der Waals surface area (Å²) in [5.74, 6) is 0.940. The second-order valence-corrected chi connectivity index (χ2v) is 4.00. The van der Waals surface area contributed by atoms with Gasteiger partial charge in [0.05, 0.1) is 7.11 Å². The van der Waals surface area contributed by atoms with Crippen molar-refractivity contribution in [3.8, 4) is 5.75 Å². The minimum atomic E-state index is 0.0872. The van der Waals surface area contributed by atoms with Gasteiger partial charge in [-0.3, -0.25) is 0 Å². The Morgan fingerprint density at radius 3 is 2.85 bits per heavy atom. The highest BCUT2D eigenvalue weighted by Crippen LogP contribution is 2.32. The van der Waals surface area contributed by atoms with Gasteiger partial charge in [0.1, 0.15) is 5.75 Å². The van der Waals surface area contributed by atoms with E-state index in [9.17, 15) is 0 Å². The second kappa shape index (κ2) is 2.74. The maximum Gasteiger partial charge on any atom is 0.119 e. The summed E-state index contributed by atoms with van der Waals surface area (Å²) in [6, 6.07) is 6.27.